The maximum atomic E-state index is 4.81. The van der Waals surface area contributed by atoms with Crippen molar-refractivity contribution in [2.75, 3.05) is 66.5 Å². The minimum absolute atomic E-state index is 0.830. The van der Waals surface area contributed by atoms with Gasteiger partial charge in [-0.05, 0) is 116 Å². The standard InChI is InChI=1S/C28H48N8/c1-35-17-5-13-29-21-25-9-3-11-27(33-25)23-31-15-7-19-36(2)20-8-16-32-24-28-12-4-10-26(34-28)22-30-14-6-18-35/h3-4,9-12,29-32H,5-8,13-24H2,1-2H3. The average molecular weight is 497 g/mol. The van der Waals surface area contributed by atoms with Crippen LogP contribution in [0.4, 0.5) is 0 Å². The highest BCUT2D eigenvalue weighted by atomic mass is 15.1. The molecule has 1 aliphatic heterocycles. The molecular formula is C28H48N8. The third kappa shape index (κ3) is 12.3. The zero-order valence-electron chi connectivity index (χ0n) is 22.6. The first-order valence-corrected chi connectivity index (χ1v) is 13.8. The summed E-state index contributed by atoms with van der Waals surface area (Å²) in [4.78, 5) is 14.5. The van der Waals surface area contributed by atoms with Gasteiger partial charge in [-0.25, -0.2) is 0 Å². The Morgan fingerprint density at radius 3 is 1.06 bits per heavy atom. The molecule has 8 nitrogen and oxygen atoms in total. The highest BCUT2D eigenvalue weighted by molar-refractivity contribution is 5.12. The zero-order chi connectivity index (χ0) is 25.3. The first-order valence-electron chi connectivity index (χ1n) is 13.8. The summed E-state index contributed by atoms with van der Waals surface area (Å²) in [5.41, 5.74) is 4.48. The van der Waals surface area contributed by atoms with E-state index in [2.05, 4.69) is 81.6 Å². The van der Waals surface area contributed by atoms with Crippen molar-refractivity contribution < 1.29 is 0 Å². The van der Waals surface area contributed by atoms with Gasteiger partial charge in [-0.1, -0.05) is 12.1 Å². The van der Waals surface area contributed by atoms with E-state index in [1.54, 1.807) is 0 Å². The molecule has 0 amide bonds. The van der Waals surface area contributed by atoms with Gasteiger partial charge in [-0.3, -0.25) is 9.97 Å². The molecule has 0 radical (unpaired) electrons. The van der Waals surface area contributed by atoms with Crippen LogP contribution in [0.1, 0.15) is 48.5 Å². The summed E-state index contributed by atoms with van der Waals surface area (Å²) >= 11 is 0. The van der Waals surface area contributed by atoms with Crippen molar-refractivity contribution in [1.29, 1.82) is 0 Å². The summed E-state index contributed by atoms with van der Waals surface area (Å²) in [6.07, 6.45) is 4.57. The summed E-state index contributed by atoms with van der Waals surface area (Å²) < 4.78 is 0. The number of pyridine rings is 2. The van der Waals surface area contributed by atoms with Crippen LogP contribution in [0.15, 0.2) is 36.4 Å². The van der Waals surface area contributed by atoms with Gasteiger partial charge in [0.15, 0.2) is 0 Å². The lowest BCUT2D eigenvalue weighted by molar-refractivity contribution is 0.319. The van der Waals surface area contributed by atoms with E-state index in [0.29, 0.717) is 0 Å². The molecule has 2 aromatic heterocycles. The minimum atomic E-state index is 0.830. The molecule has 3 rings (SSSR count). The molecule has 0 fully saturated rings. The van der Waals surface area contributed by atoms with Crippen molar-refractivity contribution in [3.8, 4) is 0 Å². The first-order chi connectivity index (χ1) is 17.7. The molecule has 4 bridgehead atoms. The molecule has 0 aromatic carbocycles. The zero-order valence-corrected chi connectivity index (χ0v) is 22.6. The summed E-state index contributed by atoms with van der Waals surface area (Å²) in [6, 6.07) is 12.7. The van der Waals surface area contributed by atoms with Crippen molar-refractivity contribution in [2.24, 2.45) is 0 Å². The normalized spacial score (nSPS) is 20.3. The van der Waals surface area contributed by atoms with Gasteiger partial charge in [-0.2, -0.15) is 0 Å². The van der Waals surface area contributed by atoms with E-state index in [4.69, 9.17) is 9.97 Å². The maximum Gasteiger partial charge on any atom is 0.0545 e. The number of hydrogen-bond donors (Lipinski definition) is 4. The number of nitrogens with one attached hydrogen (secondary N) is 4. The molecular weight excluding hydrogens is 448 g/mol. The molecule has 8 heteroatoms. The summed E-state index contributed by atoms with van der Waals surface area (Å²) in [6.45, 7) is 11.8. The Labute approximate surface area is 218 Å². The second-order valence-electron chi connectivity index (χ2n) is 9.97. The van der Waals surface area contributed by atoms with Crippen LogP contribution in [0.3, 0.4) is 0 Å². The first kappa shape index (κ1) is 28.6. The molecule has 0 saturated heterocycles. The fourth-order valence-corrected chi connectivity index (χ4v) is 4.44. The van der Waals surface area contributed by atoms with E-state index < -0.39 is 0 Å². The highest BCUT2D eigenvalue weighted by Gasteiger charge is 2.03. The number of hydrogen-bond acceptors (Lipinski definition) is 8. The van der Waals surface area contributed by atoms with Gasteiger partial charge in [0, 0.05) is 26.2 Å². The fourth-order valence-electron chi connectivity index (χ4n) is 4.44. The quantitative estimate of drug-likeness (QED) is 0.441. The smallest absolute Gasteiger partial charge is 0.0545 e. The molecule has 1 aliphatic rings. The van der Waals surface area contributed by atoms with Crippen LogP contribution >= 0.6 is 0 Å². The number of fused-ring (bicyclic) bond motifs is 4. The molecule has 0 unspecified atom stereocenters. The molecule has 0 spiro atoms. The molecule has 0 aliphatic carbocycles. The maximum absolute atomic E-state index is 4.81. The van der Waals surface area contributed by atoms with Gasteiger partial charge in [0.25, 0.3) is 0 Å². The van der Waals surface area contributed by atoms with Crippen LogP contribution in [-0.2, 0) is 26.2 Å². The molecule has 2 aromatic rings. The lowest BCUT2D eigenvalue weighted by Crippen LogP contribution is -2.28. The van der Waals surface area contributed by atoms with Crippen molar-refractivity contribution in [1.82, 2.24) is 41.0 Å². The van der Waals surface area contributed by atoms with Crippen molar-refractivity contribution in [2.45, 2.75) is 51.9 Å². The Bertz CT molecular complexity index is 718. The SMILES string of the molecule is CN1CCCNCc2cccc(n2)CNCCCN(C)CCCNCc2cccc(n2)CNCCC1. The molecule has 200 valence electrons. The Morgan fingerprint density at radius 1 is 0.500 bits per heavy atom. The van der Waals surface area contributed by atoms with Gasteiger partial charge in [0.2, 0.25) is 0 Å². The Hall–Kier alpha value is -1.94. The van der Waals surface area contributed by atoms with E-state index in [-0.39, 0.29) is 0 Å². The summed E-state index contributed by atoms with van der Waals surface area (Å²) in [5, 5.41) is 14.2. The van der Waals surface area contributed by atoms with Crippen molar-refractivity contribution in [3.05, 3.63) is 59.2 Å². The van der Waals surface area contributed by atoms with Crippen LogP contribution in [0.25, 0.3) is 0 Å². The minimum Gasteiger partial charge on any atom is -0.311 e. The summed E-state index contributed by atoms with van der Waals surface area (Å²) in [5.74, 6) is 0. The van der Waals surface area contributed by atoms with E-state index in [1.165, 1.54) is 0 Å². The largest absolute Gasteiger partial charge is 0.311 e. The van der Waals surface area contributed by atoms with Crippen molar-refractivity contribution >= 4 is 0 Å². The second-order valence-corrected chi connectivity index (χ2v) is 9.97. The van der Waals surface area contributed by atoms with E-state index >= 15 is 0 Å². The Balaban J connectivity index is 1.44. The van der Waals surface area contributed by atoms with Crippen LogP contribution in [0, 0.1) is 0 Å². The average Bonchev–Trinajstić information content (AvgIpc) is 2.88. The van der Waals surface area contributed by atoms with Gasteiger partial charge in [0.1, 0.15) is 0 Å². The monoisotopic (exact) mass is 496 g/mol. The van der Waals surface area contributed by atoms with Crippen LogP contribution in [0.2, 0.25) is 0 Å². The summed E-state index contributed by atoms with van der Waals surface area (Å²) in [7, 11) is 4.43. The molecule has 36 heavy (non-hydrogen) atoms. The Morgan fingerprint density at radius 2 is 0.778 bits per heavy atom. The van der Waals surface area contributed by atoms with Gasteiger partial charge in [-0.15, -0.1) is 0 Å². The molecule has 0 saturated carbocycles. The fraction of sp³-hybridized carbons (Fsp3) is 0.643. The lowest BCUT2D eigenvalue weighted by Gasteiger charge is -2.17. The van der Waals surface area contributed by atoms with Gasteiger partial charge >= 0.3 is 0 Å². The molecule has 4 N–H and O–H groups in total. The third-order valence-electron chi connectivity index (χ3n) is 6.53. The molecule has 3 heterocycles. The van der Waals surface area contributed by atoms with Crippen molar-refractivity contribution in [3.63, 3.8) is 0 Å². The third-order valence-corrected chi connectivity index (χ3v) is 6.53. The van der Waals surface area contributed by atoms with E-state index in [0.717, 1.165) is 127 Å². The van der Waals surface area contributed by atoms with Crippen LogP contribution in [0.5, 0.6) is 0 Å². The predicted octanol–water partition coefficient (Wildman–Crippen LogP) is 1.97. The number of aromatic nitrogens is 2. The Kier molecular flexibility index (Phi) is 13.9. The van der Waals surface area contributed by atoms with Gasteiger partial charge in [0.05, 0.1) is 22.8 Å². The lowest BCUT2D eigenvalue weighted by atomic mass is 10.2. The second kappa shape index (κ2) is 17.5. The van der Waals surface area contributed by atoms with E-state index in [1.807, 2.05) is 0 Å². The van der Waals surface area contributed by atoms with E-state index in [9.17, 15) is 0 Å². The highest BCUT2D eigenvalue weighted by Crippen LogP contribution is 2.02. The topological polar surface area (TPSA) is 80.4 Å². The number of nitrogens with zero attached hydrogens (tertiary/aromatic N) is 4. The predicted molar refractivity (Wildman–Crippen MR) is 149 cm³/mol. The van der Waals surface area contributed by atoms with Crippen LogP contribution < -0.4 is 21.3 Å². The molecule has 0 atom stereocenters. The number of rotatable bonds is 0. The van der Waals surface area contributed by atoms with Crippen LogP contribution in [-0.4, -0.2) is 86.2 Å². The van der Waals surface area contributed by atoms with Gasteiger partial charge < -0.3 is 31.1 Å².